The van der Waals surface area contributed by atoms with E-state index in [1.54, 1.807) is 12.1 Å². The van der Waals surface area contributed by atoms with E-state index >= 15 is 0 Å². The normalized spacial score (nSPS) is 36.5. The molecule has 1 aromatic carbocycles. The number of hydrogen-bond acceptors (Lipinski definition) is 2. The first-order chi connectivity index (χ1) is 13.5. The highest BCUT2D eigenvalue weighted by Gasteiger charge is 2.55. The molecule has 0 saturated heterocycles. The van der Waals surface area contributed by atoms with Crippen LogP contribution in [0.25, 0.3) is 5.57 Å². The quantitative estimate of drug-likeness (QED) is 0.635. The first kappa shape index (κ1) is 18.1. The summed E-state index contributed by atoms with van der Waals surface area (Å²) in [4.78, 5) is 14.9. The molecule has 4 bridgehead atoms. The van der Waals surface area contributed by atoms with Crippen molar-refractivity contribution in [2.45, 2.75) is 64.0 Å². The highest BCUT2D eigenvalue weighted by Crippen LogP contribution is 2.59. The van der Waals surface area contributed by atoms with Crippen LogP contribution < -0.4 is 0 Å². The third-order valence-corrected chi connectivity index (χ3v) is 7.80. The Morgan fingerprint density at radius 3 is 2.11 bits per heavy atom. The van der Waals surface area contributed by atoms with Crippen molar-refractivity contribution in [2.24, 2.45) is 23.7 Å². The maximum atomic E-state index is 13.4. The lowest BCUT2D eigenvalue weighted by molar-refractivity contribution is -0.107. The van der Waals surface area contributed by atoms with Crippen molar-refractivity contribution < 1.29 is 9.18 Å². The number of carbonyl (C=O) groups is 1. The second-order valence-electron chi connectivity index (χ2n) is 10.0. The van der Waals surface area contributed by atoms with Crippen LogP contribution in [0, 0.1) is 29.5 Å². The van der Waals surface area contributed by atoms with Crippen molar-refractivity contribution in [2.75, 3.05) is 0 Å². The van der Waals surface area contributed by atoms with Gasteiger partial charge in [0.1, 0.15) is 12.1 Å². The van der Waals surface area contributed by atoms with Crippen molar-refractivity contribution in [1.29, 1.82) is 0 Å². The monoisotopic (exact) mass is 379 g/mol. The molecule has 1 aliphatic heterocycles. The summed E-state index contributed by atoms with van der Waals surface area (Å²) >= 11 is 0. The molecule has 28 heavy (non-hydrogen) atoms. The predicted molar refractivity (Wildman–Crippen MR) is 110 cm³/mol. The van der Waals surface area contributed by atoms with E-state index in [9.17, 15) is 9.18 Å². The number of nitrogens with zero attached hydrogens (tertiary/aromatic N) is 1. The van der Waals surface area contributed by atoms with Crippen LogP contribution in [0.1, 0.15) is 57.9 Å². The lowest BCUT2D eigenvalue weighted by Crippen LogP contribution is -2.62. The fraction of sp³-hybridized carbons (Fsp3) is 0.560. The number of halogens is 1. The van der Waals surface area contributed by atoms with E-state index in [-0.39, 0.29) is 17.4 Å². The summed E-state index contributed by atoms with van der Waals surface area (Å²) in [5, 5.41) is 0. The first-order valence-corrected chi connectivity index (χ1v) is 10.9. The van der Waals surface area contributed by atoms with Gasteiger partial charge in [0.05, 0.1) is 6.04 Å². The summed E-state index contributed by atoms with van der Waals surface area (Å²) in [5.74, 6) is 2.71. The number of benzene rings is 1. The molecule has 0 radical (unpaired) electrons. The molecule has 0 amide bonds. The van der Waals surface area contributed by atoms with Crippen LogP contribution in [0.3, 0.4) is 0 Å². The number of aldehydes is 1. The second kappa shape index (κ2) is 6.57. The third kappa shape index (κ3) is 2.77. The lowest BCUT2D eigenvalue weighted by Gasteiger charge is -2.62. The zero-order valence-corrected chi connectivity index (χ0v) is 16.9. The molecule has 0 N–H and O–H groups in total. The zero-order chi connectivity index (χ0) is 19.5. The van der Waals surface area contributed by atoms with Gasteiger partial charge in [0.25, 0.3) is 0 Å². The van der Waals surface area contributed by atoms with Gasteiger partial charge in [0.2, 0.25) is 0 Å². The average molecular weight is 380 g/mol. The Balaban J connectivity index is 1.56. The Morgan fingerprint density at radius 1 is 1.04 bits per heavy atom. The molecule has 4 aliphatic carbocycles. The fourth-order valence-corrected chi connectivity index (χ4v) is 7.19. The van der Waals surface area contributed by atoms with Gasteiger partial charge in [-0.25, -0.2) is 4.39 Å². The van der Waals surface area contributed by atoms with Crippen LogP contribution in [-0.2, 0) is 4.79 Å². The molecule has 0 spiro atoms. The molecule has 4 saturated carbocycles. The van der Waals surface area contributed by atoms with Gasteiger partial charge >= 0.3 is 0 Å². The maximum Gasteiger partial charge on any atom is 0.148 e. The lowest BCUT2D eigenvalue weighted by atomic mass is 9.52. The minimum absolute atomic E-state index is 0.0961. The Morgan fingerprint density at radius 2 is 1.61 bits per heavy atom. The zero-order valence-electron chi connectivity index (χ0n) is 16.9. The van der Waals surface area contributed by atoms with Crippen molar-refractivity contribution in [3.05, 3.63) is 53.5 Å². The maximum absolute atomic E-state index is 13.4. The largest absolute Gasteiger partial charge is 0.364 e. The Hall–Kier alpha value is -1.90. The summed E-state index contributed by atoms with van der Waals surface area (Å²) in [6.45, 7) is 4.45. The minimum atomic E-state index is -0.243. The Labute approximate surface area is 167 Å². The molecule has 1 unspecified atom stereocenters. The molecule has 5 aliphatic rings. The number of rotatable bonds is 4. The molecule has 6 rings (SSSR count). The SMILES string of the molecule is CC(C)C1C(C=O)=C(c2ccc(F)cc2)C=CN1C12CC3CC(CC(C3)C1)C2. The van der Waals surface area contributed by atoms with Gasteiger partial charge in [-0.2, -0.15) is 0 Å². The Bertz CT molecular complexity index is 799. The summed E-state index contributed by atoms with van der Waals surface area (Å²) in [5.41, 5.74) is 2.97. The molecular formula is C25H30FNO. The summed E-state index contributed by atoms with van der Waals surface area (Å²) in [6, 6.07) is 6.63. The van der Waals surface area contributed by atoms with Gasteiger partial charge in [-0.15, -0.1) is 0 Å². The van der Waals surface area contributed by atoms with E-state index in [1.165, 1.54) is 50.7 Å². The first-order valence-electron chi connectivity index (χ1n) is 10.9. The van der Waals surface area contributed by atoms with Gasteiger partial charge in [-0.3, -0.25) is 4.79 Å². The van der Waals surface area contributed by atoms with Crippen LogP contribution in [0.2, 0.25) is 0 Å². The second-order valence-corrected chi connectivity index (χ2v) is 10.0. The molecule has 4 fully saturated rings. The van der Waals surface area contributed by atoms with Crippen molar-refractivity contribution in [3.8, 4) is 0 Å². The van der Waals surface area contributed by atoms with E-state index in [1.807, 2.05) is 0 Å². The molecule has 1 heterocycles. The molecule has 148 valence electrons. The van der Waals surface area contributed by atoms with Gasteiger partial charge in [0.15, 0.2) is 0 Å². The minimum Gasteiger partial charge on any atom is -0.364 e. The van der Waals surface area contributed by atoms with E-state index < -0.39 is 0 Å². The topological polar surface area (TPSA) is 20.3 Å². The van der Waals surface area contributed by atoms with Crippen molar-refractivity contribution in [3.63, 3.8) is 0 Å². The van der Waals surface area contributed by atoms with Crippen molar-refractivity contribution >= 4 is 11.9 Å². The third-order valence-electron chi connectivity index (χ3n) is 7.80. The van der Waals surface area contributed by atoms with Crippen molar-refractivity contribution in [1.82, 2.24) is 4.90 Å². The van der Waals surface area contributed by atoms with E-state index in [0.29, 0.717) is 5.92 Å². The highest BCUT2D eigenvalue weighted by molar-refractivity contribution is 5.94. The highest BCUT2D eigenvalue weighted by atomic mass is 19.1. The van der Waals surface area contributed by atoms with Gasteiger partial charge in [-0.1, -0.05) is 26.0 Å². The molecule has 1 atom stereocenters. The van der Waals surface area contributed by atoms with E-state index in [0.717, 1.165) is 40.7 Å². The standard InChI is InChI=1S/C25H30FNO/c1-16(2)24-23(15-28)22(20-3-5-21(26)6-4-20)7-8-27(24)25-12-17-9-18(13-25)11-19(10-17)14-25/h3-8,15-19,24H,9-14H2,1-2H3. The predicted octanol–water partition coefficient (Wildman–Crippen LogP) is 5.60. The number of hydrogen-bond donors (Lipinski definition) is 0. The fourth-order valence-electron chi connectivity index (χ4n) is 7.19. The van der Waals surface area contributed by atoms with Gasteiger partial charge in [-0.05, 0) is 91.5 Å². The van der Waals surface area contributed by atoms with Gasteiger partial charge in [0, 0.05) is 17.3 Å². The van der Waals surface area contributed by atoms with Crippen LogP contribution in [-0.4, -0.2) is 22.8 Å². The molecule has 3 heteroatoms. The molecule has 2 nitrogen and oxygen atoms in total. The molecule has 1 aromatic rings. The molecular weight excluding hydrogens is 349 g/mol. The number of allylic oxidation sites excluding steroid dienone is 2. The average Bonchev–Trinajstić information content (AvgIpc) is 2.66. The summed E-state index contributed by atoms with van der Waals surface area (Å²) in [6.07, 6.45) is 13.5. The van der Waals surface area contributed by atoms with Crippen LogP contribution in [0.4, 0.5) is 4.39 Å². The van der Waals surface area contributed by atoms with E-state index in [4.69, 9.17) is 0 Å². The van der Waals surface area contributed by atoms with Crippen LogP contribution >= 0.6 is 0 Å². The van der Waals surface area contributed by atoms with E-state index in [2.05, 4.69) is 31.0 Å². The van der Waals surface area contributed by atoms with Crippen LogP contribution in [0.15, 0.2) is 42.1 Å². The number of carbonyl (C=O) groups excluding carboxylic acids is 1. The Kier molecular flexibility index (Phi) is 4.26. The smallest absolute Gasteiger partial charge is 0.148 e. The molecule has 0 aromatic heterocycles. The summed E-state index contributed by atoms with van der Waals surface area (Å²) in [7, 11) is 0. The van der Waals surface area contributed by atoms with Gasteiger partial charge < -0.3 is 4.90 Å². The summed E-state index contributed by atoms with van der Waals surface area (Å²) < 4.78 is 13.4. The van der Waals surface area contributed by atoms with Crippen LogP contribution in [0.5, 0.6) is 0 Å².